The van der Waals surface area contributed by atoms with Crippen molar-refractivity contribution in [2.24, 2.45) is 4.99 Å². The summed E-state index contributed by atoms with van der Waals surface area (Å²) in [6, 6.07) is 11.2. The van der Waals surface area contributed by atoms with Crippen LogP contribution in [0.2, 0.25) is 0 Å². The SMILES string of the molecule is C=N/C(=C\C(OC)=C(/C)Oc1ccccc1)C(=O)N1CCC(c2nnc(N)cc2C)CC1. The van der Waals surface area contributed by atoms with Crippen LogP contribution >= 0.6 is 0 Å². The van der Waals surface area contributed by atoms with Crippen LogP contribution in [0.25, 0.3) is 0 Å². The van der Waals surface area contributed by atoms with E-state index in [0.29, 0.717) is 36.2 Å². The maximum absolute atomic E-state index is 13.1. The van der Waals surface area contributed by atoms with Crippen molar-refractivity contribution in [1.29, 1.82) is 0 Å². The number of ether oxygens (including phenoxy) is 2. The average Bonchev–Trinajstić information content (AvgIpc) is 2.80. The number of rotatable bonds is 7. The number of aromatic nitrogens is 2. The van der Waals surface area contributed by atoms with Crippen molar-refractivity contribution in [1.82, 2.24) is 15.1 Å². The molecule has 8 nitrogen and oxygen atoms in total. The number of aliphatic imine (C=N–C) groups is 1. The highest BCUT2D eigenvalue weighted by atomic mass is 16.5. The van der Waals surface area contributed by atoms with E-state index < -0.39 is 0 Å². The molecule has 1 amide bonds. The number of likely N-dealkylation sites (tertiary alicyclic amines) is 1. The summed E-state index contributed by atoms with van der Waals surface area (Å²) in [4.78, 5) is 18.8. The van der Waals surface area contributed by atoms with E-state index in [4.69, 9.17) is 15.2 Å². The molecule has 1 saturated heterocycles. The third-order valence-electron chi connectivity index (χ3n) is 5.45. The molecule has 8 heteroatoms. The molecule has 3 rings (SSSR count). The van der Waals surface area contributed by atoms with Gasteiger partial charge in [-0.15, -0.1) is 5.10 Å². The molecule has 2 N–H and O–H groups in total. The minimum absolute atomic E-state index is 0.194. The molecule has 0 radical (unpaired) electrons. The number of nitrogen functional groups attached to an aromatic ring is 1. The van der Waals surface area contributed by atoms with Gasteiger partial charge in [-0.1, -0.05) is 18.2 Å². The maximum Gasteiger partial charge on any atom is 0.272 e. The third-order valence-corrected chi connectivity index (χ3v) is 5.45. The first-order valence-electron chi connectivity index (χ1n) is 10.5. The van der Waals surface area contributed by atoms with E-state index in [-0.39, 0.29) is 17.5 Å². The minimum atomic E-state index is -0.194. The fraction of sp³-hybridized carbons (Fsp3) is 0.333. The van der Waals surface area contributed by atoms with Crippen LogP contribution < -0.4 is 10.5 Å². The predicted molar refractivity (Wildman–Crippen MR) is 124 cm³/mol. The Labute approximate surface area is 188 Å². The summed E-state index contributed by atoms with van der Waals surface area (Å²) in [6.45, 7) is 8.51. The number of amides is 1. The van der Waals surface area contributed by atoms with Gasteiger partial charge < -0.3 is 20.1 Å². The number of carbonyl (C=O) groups is 1. The normalized spacial score (nSPS) is 15.7. The van der Waals surface area contributed by atoms with Crippen molar-refractivity contribution in [3.63, 3.8) is 0 Å². The van der Waals surface area contributed by atoms with E-state index in [1.165, 1.54) is 7.11 Å². The smallest absolute Gasteiger partial charge is 0.272 e. The maximum atomic E-state index is 13.1. The number of benzene rings is 1. The monoisotopic (exact) mass is 435 g/mol. The number of piperidine rings is 1. The summed E-state index contributed by atoms with van der Waals surface area (Å²) in [5.41, 5.74) is 7.89. The van der Waals surface area contributed by atoms with E-state index in [1.54, 1.807) is 17.9 Å². The number of hydrogen-bond acceptors (Lipinski definition) is 7. The van der Waals surface area contributed by atoms with E-state index in [0.717, 1.165) is 24.1 Å². The first-order valence-corrected chi connectivity index (χ1v) is 10.5. The Morgan fingerprint density at radius 2 is 1.94 bits per heavy atom. The first-order chi connectivity index (χ1) is 15.4. The number of nitrogens with zero attached hydrogens (tertiary/aromatic N) is 4. The largest absolute Gasteiger partial charge is 0.493 e. The summed E-state index contributed by atoms with van der Waals surface area (Å²) in [6.07, 6.45) is 3.15. The second-order valence-corrected chi connectivity index (χ2v) is 7.63. The van der Waals surface area contributed by atoms with Crippen molar-refractivity contribution < 1.29 is 14.3 Å². The molecule has 2 heterocycles. The molecule has 0 saturated carbocycles. The number of aryl methyl sites for hydroxylation is 1. The summed E-state index contributed by atoms with van der Waals surface area (Å²) >= 11 is 0. The second kappa shape index (κ2) is 10.6. The molecule has 32 heavy (non-hydrogen) atoms. The predicted octanol–water partition coefficient (Wildman–Crippen LogP) is 3.61. The van der Waals surface area contributed by atoms with Crippen molar-refractivity contribution in [3.05, 3.63) is 70.9 Å². The molecule has 0 spiro atoms. The Balaban J connectivity index is 1.70. The summed E-state index contributed by atoms with van der Waals surface area (Å²) in [5, 5.41) is 8.26. The van der Waals surface area contributed by atoms with Gasteiger partial charge in [0, 0.05) is 25.1 Å². The van der Waals surface area contributed by atoms with Gasteiger partial charge in [0.05, 0.1) is 12.8 Å². The number of anilines is 1. The first kappa shape index (κ1) is 23.0. The summed E-state index contributed by atoms with van der Waals surface area (Å²) < 4.78 is 11.3. The Morgan fingerprint density at radius 1 is 1.25 bits per heavy atom. The number of para-hydroxylation sites is 1. The van der Waals surface area contributed by atoms with Crippen molar-refractivity contribution in [2.75, 3.05) is 25.9 Å². The third kappa shape index (κ3) is 5.51. The zero-order valence-electron chi connectivity index (χ0n) is 18.7. The molecule has 168 valence electrons. The van der Waals surface area contributed by atoms with E-state index >= 15 is 0 Å². The molecular formula is C24H29N5O3. The molecule has 1 aromatic heterocycles. The lowest BCUT2D eigenvalue weighted by molar-refractivity contribution is -0.128. The molecule has 0 unspecified atom stereocenters. The van der Waals surface area contributed by atoms with Crippen LogP contribution in [0.5, 0.6) is 5.75 Å². The van der Waals surface area contributed by atoms with Gasteiger partial charge in [0.15, 0.2) is 5.76 Å². The van der Waals surface area contributed by atoms with Gasteiger partial charge in [0.1, 0.15) is 23.0 Å². The van der Waals surface area contributed by atoms with Crippen molar-refractivity contribution >= 4 is 18.4 Å². The Bertz CT molecular complexity index is 1030. The highest BCUT2D eigenvalue weighted by Crippen LogP contribution is 2.29. The fourth-order valence-corrected chi connectivity index (χ4v) is 3.76. The number of hydrogen-bond donors (Lipinski definition) is 1. The van der Waals surface area contributed by atoms with Gasteiger partial charge >= 0.3 is 0 Å². The molecule has 2 aromatic rings. The summed E-state index contributed by atoms with van der Waals surface area (Å²) in [5.74, 6) is 2.07. The Kier molecular flexibility index (Phi) is 7.59. The molecule has 0 atom stereocenters. The fourth-order valence-electron chi connectivity index (χ4n) is 3.76. The van der Waals surface area contributed by atoms with Gasteiger partial charge in [0.2, 0.25) is 0 Å². The van der Waals surface area contributed by atoms with Crippen LogP contribution in [0.15, 0.2) is 64.7 Å². The van der Waals surface area contributed by atoms with Gasteiger partial charge in [-0.3, -0.25) is 9.79 Å². The van der Waals surface area contributed by atoms with Gasteiger partial charge in [-0.2, -0.15) is 5.10 Å². The zero-order chi connectivity index (χ0) is 23.1. The molecular weight excluding hydrogens is 406 g/mol. The number of methoxy groups -OCH3 is 1. The molecule has 0 aliphatic carbocycles. The van der Waals surface area contributed by atoms with Crippen molar-refractivity contribution in [2.45, 2.75) is 32.6 Å². The standard InChI is InChI=1S/C24H29N5O3/c1-16-14-22(25)27-28-23(16)18-10-12-29(13-11-18)24(30)20(26-3)15-21(31-4)17(2)32-19-8-6-5-7-9-19/h5-9,14-15,18H,3,10-13H2,1-2,4H3,(H2,25,27)/b20-15-,21-17-. The van der Waals surface area contributed by atoms with Crippen LogP contribution in [0.3, 0.4) is 0 Å². The van der Waals surface area contributed by atoms with Crippen LogP contribution in [0.4, 0.5) is 5.82 Å². The lowest BCUT2D eigenvalue weighted by Gasteiger charge is -2.32. The average molecular weight is 436 g/mol. The topological polar surface area (TPSA) is 103 Å². The van der Waals surface area contributed by atoms with E-state index in [2.05, 4.69) is 21.9 Å². The quantitative estimate of drug-likeness (QED) is 0.308. The second-order valence-electron chi connectivity index (χ2n) is 7.63. The van der Waals surface area contributed by atoms with Crippen LogP contribution in [-0.2, 0) is 9.53 Å². The number of carbonyl (C=O) groups excluding carboxylic acids is 1. The van der Waals surface area contributed by atoms with E-state index in [9.17, 15) is 4.79 Å². The summed E-state index contributed by atoms with van der Waals surface area (Å²) in [7, 11) is 1.52. The Hall–Kier alpha value is -3.68. The van der Waals surface area contributed by atoms with Gasteiger partial charge in [-0.25, -0.2) is 0 Å². The molecule has 1 fully saturated rings. The molecule has 1 aliphatic rings. The highest BCUT2D eigenvalue weighted by molar-refractivity contribution is 5.94. The lowest BCUT2D eigenvalue weighted by Crippen LogP contribution is -2.38. The molecule has 0 bridgehead atoms. The van der Waals surface area contributed by atoms with Crippen molar-refractivity contribution in [3.8, 4) is 5.75 Å². The lowest BCUT2D eigenvalue weighted by atomic mass is 9.91. The highest BCUT2D eigenvalue weighted by Gasteiger charge is 2.27. The molecule has 1 aromatic carbocycles. The van der Waals surface area contributed by atoms with Crippen LogP contribution in [-0.4, -0.2) is 47.9 Å². The number of allylic oxidation sites excluding steroid dienone is 2. The van der Waals surface area contributed by atoms with E-state index in [1.807, 2.05) is 43.3 Å². The van der Waals surface area contributed by atoms with Gasteiger partial charge in [0.25, 0.3) is 5.91 Å². The van der Waals surface area contributed by atoms with Gasteiger partial charge in [-0.05, 0) is 57.2 Å². The van der Waals surface area contributed by atoms with Crippen LogP contribution in [0.1, 0.15) is 36.9 Å². The zero-order valence-corrected chi connectivity index (χ0v) is 18.7. The molecule has 1 aliphatic heterocycles. The van der Waals surface area contributed by atoms with Crippen LogP contribution in [0, 0.1) is 6.92 Å². The number of nitrogens with two attached hydrogens (primary N) is 1. The minimum Gasteiger partial charge on any atom is -0.493 e. The Morgan fingerprint density at radius 3 is 2.53 bits per heavy atom.